The largest absolute Gasteiger partial charge is 0.744 e. The third kappa shape index (κ3) is 13.0. The molecule has 1 aliphatic heterocycles. The molecule has 0 amide bonds. The summed E-state index contributed by atoms with van der Waals surface area (Å²) in [5.74, 6) is -1.39. The molecule has 5 N–H and O–H groups in total. The van der Waals surface area contributed by atoms with Gasteiger partial charge in [0.05, 0.1) is 28.7 Å². The van der Waals surface area contributed by atoms with Crippen LogP contribution in [0.3, 0.4) is 0 Å². The topological polar surface area (TPSA) is 295 Å². The zero-order valence-electron chi connectivity index (χ0n) is 36.9. The van der Waals surface area contributed by atoms with E-state index in [2.05, 4.69) is 39.1 Å². The Morgan fingerprint density at radius 2 is 1.34 bits per heavy atom. The van der Waals surface area contributed by atoms with Crippen LogP contribution in [0.4, 0.5) is 22.7 Å². The molecule has 19 nitrogen and oxygen atoms in total. The minimum atomic E-state index is -4.67. The van der Waals surface area contributed by atoms with Gasteiger partial charge in [0, 0.05) is 77.6 Å². The van der Waals surface area contributed by atoms with Crippen LogP contribution < -0.4 is 25.5 Å². The Kier molecular flexibility index (Phi) is 16.9. The maximum Gasteiger partial charge on any atom is 0.305 e. The van der Waals surface area contributed by atoms with Crippen LogP contribution in [0, 0.1) is 4.91 Å². The van der Waals surface area contributed by atoms with Gasteiger partial charge in [0.2, 0.25) is 5.36 Å². The number of phenolic OH excluding ortho intramolecular Hbond substituents is 1. The monoisotopic (exact) mass is 957 g/mol. The van der Waals surface area contributed by atoms with Crippen LogP contribution in [0.2, 0.25) is 0 Å². The summed E-state index contributed by atoms with van der Waals surface area (Å²) in [7, 11) is -9.19. The van der Waals surface area contributed by atoms with E-state index < -0.39 is 32.2 Å². The molecule has 5 aromatic carbocycles. The van der Waals surface area contributed by atoms with E-state index in [0.29, 0.717) is 50.1 Å². The third-order valence-corrected chi connectivity index (χ3v) is 12.2. The number of carboxylic acid groups (broad SMARTS) is 2. The molecule has 0 atom stereocenters. The second-order valence-electron chi connectivity index (χ2n) is 14.7. The lowest BCUT2D eigenvalue weighted by atomic mass is 10.1. The number of benzene rings is 6. The Morgan fingerprint density at radius 1 is 0.731 bits per heavy atom. The molecule has 0 saturated carbocycles. The summed E-state index contributed by atoms with van der Waals surface area (Å²) in [5.41, 5.74) is 3.62. The molecule has 0 spiro atoms. The molecule has 0 fully saturated rings. The summed E-state index contributed by atoms with van der Waals surface area (Å²) in [6, 6.07) is 25.6. The number of aliphatic carboxylic acids is 2. The van der Waals surface area contributed by atoms with Crippen molar-refractivity contribution in [3.63, 3.8) is 0 Å². The standard InChI is InChI=1S/C23H23N3O6S.C13H13NO5S.C10H14N2O2/c1-3-26(4-2)14-5-8-18-20(11-14)32-21-13-19(24-10-9-22(27)28)17-12-15(33(29,30)31)6-7-16(17)23(21)25-18;15-13(16)6-7-14-12-3-1-2-9-4-5-10(8-11(9)12)20(17,18)19;1-3-12(4-2)8-5-6-9(11-14)10(13)7-8/h5-8,11-13H,3-4,9-10H2,1-2H3,(H2,27,28,29,30,31);1-5,8,14H,6-7H2,(H,15,16)(H,17,18,19);5-7,13H,3-4H2,1-2H3/p-1. The zero-order valence-corrected chi connectivity index (χ0v) is 38.6. The molecule has 2 aliphatic rings. The van der Waals surface area contributed by atoms with Crippen molar-refractivity contribution in [1.29, 1.82) is 0 Å². The summed E-state index contributed by atoms with van der Waals surface area (Å²) in [5, 5.41) is 39.0. The van der Waals surface area contributed by atoms with E-state index in [0.717, 1.165) is 42.6 Å². The fourth-order valence-electron chi connectivity index (χ4n) is 7.10. The van der Waals surface area contributed by atoms with Gasteiger partial charge in [0.25, 0.3) is 0 Å². The second-order valence-corrected chi connectivity index (χ2v) is 17.5. The lowest BCUT2D eigenvalue weighted by molar-refractivity contribution is -0.137. The van der Waals surface area contributed by atoms with Crippen LogP contribution in [-0.4, -0.2) is 97.5 Å². The van der Waals surface area contributed by atoms with Crippen LogP contribution in [0.15, 0.2) is 116 Å². The molecular weight excluding hydrogens is 909 g/mol. The number of aromatic hydroxyl groups is 1. The Hall–Kier alpha value is -7.20. The highest BCUT2D eigenvalue weighted by atomic mass is 32.2. The van der Waals surface area contributed by atoms with Crippen molar-refractivity contribution in [2.24, 2.45) is 5.18 Å². The number of anilines is 3. The van der Waals surface area contributed by atoms with Gasteiger partial charge in [-0.05, 0) is 86.8 Å². The first kappa shape index (κ1) is 50.8. The van der Waals surface area contributed by atoms with Crippen molar-refractivity contribution in [3.05, 3.63) is 107 Å². The number of rotatable bonds is 16. The van der Waals surface area contributed by atoms with Crippen molar-refractivity contribution in [2.75, 3.05) is 54.8 Å². The van der Waals surface area contributed by atoms with Crippen molar-refractivity contribution in [1.82, 2.24) is 9.56 Å². The molecule has 67 heavy (non-hydrogen) atoms. The number of phenols is 1. The molecule has 7 rings (SSSR count). The van der Waals surface area contributed by atoms with Crippen molar-refractivity contribution >= 4 is 87.6 Å². The number of nitrogens with zero attached hydrogens (tertiary/aromatic N) is 4. The second kappa shape index (κ2) is 22.3. The summed E-state index contributed by atoms with van der Waals surface area (Å²) in [6.45, 7) is 11.9. The number of hydrogen-bond donors (Lipinski definition) is 5. The number of nitroso groups, excluding NO2 is 1. The summed E-state index contributed by atoms with van der Waals surface area (Å²) in [4.78, 5) is 37.8. The number of carbonyl (C=O) groups is 2. The van der Waals surface area contributed by atoms with Gasteiger partial charge < -0.3 is 44.4 Å². The van der Waals surface area contributed by atoms with E-state index in [1.54, 1.807) is 42.5 Å². The average molecular weight is 958 g/mol. The van der Waals surface area contributed by atoms with Crippen molar-refractivity contribution < 1.29 is 55.3 Å². The van der Waals surface area contributed by atoms with E-state index >= 15 is 0 Å². The van der Waals surface area contributed by atoms with E-state index in [4.69, 9.17) is 19.6 Å². The molecule has 5 aromatic rings. The van der Waals surface area contributed by atoms with Gasteiger partial charge in [-0.1, -0.05) is 24.3 Å². The van der Waals surface area contributed by atoms with Gasteiger partial charge in [-0.2, -0.15) is 0 Å². The van der Waals surface area contributed by atoms with E-state index in [-0.39, 0.29) is 47.2 Å². The predicted molar refractivity (Wildman–Crippen MR) is 253 cm³/mol. The van der Waals surface area contributed by atoms with E-state index in [1.165, 1.54) is 36.4 Å². The van der Waals surface area contributed by atoms with E-state index in [9.17, 15) is 45.5 Å². The molecule has 0 unspecified atom stereocenters. The molecule has 1 heterocycles. The smallest absolute Gasteiger partial charge is 0.305 e. The van der Waals surface area contributed by atoms with Gasteiger partial charge in [-0.15, -0.1) is 4.91 Å². The number of carboxylic acids is 2. The molecule has 0 saturated heterocycles. The quantitative estimate of drug-likeness (QED) is 0.0215. The lowest BCUT2D eigenvalue weighted by Crippen LogP contribution is -2.29. The number of nitrogens with one attached hydrogen (secondary N) is 2. The summed E-state index contributed by atoms with van der Waals surface area (Å²) < 4.78 is 76.2. The Balaban J connectivity index is 0.000000209. The predicted octanol–water partition coefficient (Wildman–Crippen LogP) is 6.96. The molecule has 21 heteroatoms. The minimum absolute atomic E-state index is 0.0596. The minimum Gasteiger partial charge on any atom is -0.744 e. The van der Waals surface area contributed by atoms with E-state index in [1.807, 2.05) is 32.0 Å². The van der Waals surface area contributed by atoms with Crippen LogP contribution in [0.5, 0.6) is 5.75 Å². The SMILES string of the molecule is CCN(CC)c1ccc(N=O)c(O)c1.CC[N+](CC)=c1ccc2nc3c(cc(NCCC(=O)O)c4cc(S(=O)(=O)[O-])ccc43)oc-2c1.O=C(O)CCNc1cccc2ccc(S(=O)(=O)[O-])cc12. The van der Waals surface area contributed by atoms with Crippen LogP contribution in [-0.2, 0) is 29.8 Å². The fraction of sp³-hybridized carbons (Fsp3) is 0.261. The summed E-state index contributed by atoms with van der Waals surface area (Å²) >= 11 is 0. The number of aromatic nitrogens is 1. The molecule has 354 valence electrons. The maximum atomic E-state index is 11.6. The first-order chi connectivity index (χ1) is 31.8. The van der Waals surface area contributed by atoms with Gasteiger partial charge in [0.1, 0.15) is 56.0 Å². The van der Waals surface area contributed by atoms with Crippen LogP contribution in [0.1, 0.15) is 40.5 Å². The highest BCUT2D eigenvalue weighted by Gasteiger charge is 2.17. The maximum absolute atomic E-state index is 11.6. The highest BCUT2D eigenvalue weighted by Crippen LogP contribution is 2.36. The molecule has 0 bridgehead atoms. The Bertz CT molecular complexity index is 3200. The van der Waals surface area contributed by atoms with Crippen molar-refractivity contribution in [2.45, 2.75) is 50.3 Å². The molecular formula is C46H49N6O13S2-. The Labute approximate surface area is 385 Å². The van der Waals surface area contributed by atoms with Crippen molar-refractivity contribution in [3.8, 4) is 17.2 Å². The first-order valence-electron chi connectivity index (χ1n) is 21.0. The Morgan fingerprint density at radius 3 is 1.91 bits per heavy atom. The van der Waals surface area contributed by atoms with Gasteiger partial charge in [-0.3, -0.25) is 9.59 Å². The van der Waals surface area contributed by atoms with Crippen LogP contribution >= 0.6 is 0 Å². The van der Waals surface area contributed by atoms with Gasteiger partial charge in [0.15, 0.2) is 11.3 Å². The number of hydrogen-bond acceptors (Lipinski definition) is 16. The molecule has 1 aliphatic carbocycles. The highest BCUT2D eigenvalue weighted by molar-refractivity contribution is 7.86. The normalized spacial score (nSPS) is 11.3. The van der Waals surface area contributed by atoms with Crippen LogP contribution in [0.25, 0.3) is 44.1 Å². The first-order valence-corrected chi connectivity index (χ1v) is 23.8. The fourth-order valence-corrected chi connectivity index (χ4v) is 8.10. The summed E-state index contributed by atoms with van der Waals surface area (Å²) in [6.07, 6.45) is -0.199. The average Bonchev–Trinajstić information content (AvgIpc) is 3.28. The molecule has 0 radical (unpaired) electrons. The lowest BCUT2D eigenvalue weighted by Gasteiger charge is -2.20. The zero-order chi connectivity index (χ0) is 49.1. The van der Waals surface area contributed by atoms with Gasteiger partial charge in [-0.25, -0.2) is 26.4 Å². The van der Waals surface area contributed by atoms with Gasteiger partial charge >= 0.3 is 11.9 Å². The third-order valence-electron chi connectivity index (χ3n) is 10.5. The number of fused-ring (bicyclic) bond motifs is 5. The molecule has 0 aromatic heterocycles.